The number of carbonyl (C=O) groups is 3. The number of rotatable bonds is 7. The molecule has 3 aromatic heterocycles. The number of ether oxygens (including phenoxy) is 1. The molecule has 1 aliphatic heterocycles. The van der Waals surface area contributed by atoms with Gasteiger partial charge < -0.3 is 15.0 Å². The van der Waals surface area contributed by atoms with Gasteiger partial charge in [-0.25, -0.2) is 15.0 Å². The van der Waals surface area contributed by atoms with Gasteiger partial charge in [0.05, 0.1) is 12.6 Å². The van der Waals surface area contributed by atoms with Crippen molar-refractivity contribution in [2.45, 2.75) is 59.2 Å². The van der Waals surface area contributed by atoms with Crippen LogP contribution in [0.1, 0.15) is 48.6 Å². The van der Waals surface area contributed by atoms with Gasteiger partial charge in [-0.2, -0.15) is 5.10 Å². The summed E-state index contributed by atoms with van der Waals surface area (Å²) in [4.78, 5) is 54.7. The molecular weight excluding hydrogens is 602 g/mol. The van der Waals surface area contributed by atoms with Crippen LogP contribution in [0.25, 0.3) is 22.0 Å². The number of nitrogens with zero attached hydrogens (tertiary/aromatic N) is 6. The maximum atomic E-state index is 13.9. The third kappa shape index (κ3) is 4.83. The van der Waals surface area contributed by atoms with E-state index in [0.29, 0.717) is 44.9 Å². The summed E-state index contributed by atoms with van der Waals surface area (Å²) < 4.78 is 7.82. The van der Waals surface area contributed by atoms with E-state index in [9.17, 15) is 14.4 Å². The first-order chi connectivity index (χ1) is 20.0. The molecule has 11 nitrogen and oxygen atoms in total. The first-order valence-electron chi connectivity index (χ1n) is 13.6. The van der Waals surface area contributed by atoms with Gasteiger partial charge in [-0.3, -0.25) is 19.1 Å². The Balaban J connectivity index is 1.33. The summed E-state index contributed by atoms with van der Waals surface area (Å²) >= 11 is 3.35. The maximum absolute atomic E-state index is 13.9. The molecule has 42 heavy (non-hydrogen) atoms. The van der Waals surface area contributed by atoms with Gasteiger partial charge in [0.15, 0.2) is 5.78 Å². The highest BCUT2D eigenvalue weighted by Crippen LogP contribution is 2.59. The van der Waals surface area contributed by atoms with Crippen molar-refractivity contribution >= 4 is 50.2 Å². The van der Waals surface area contributed by atoms with E-state index in [2.05, 4.69) is 48.2 Å². The fraction of sp³-hybridized carbons (Fsp3) is 0.367. The van der Waals surface area contributed by atoms with Crippen molar-refractivity contribution in [2.24, 2.45) is 5.41 Å². The lowest BCUT2D eigenvalue weighted by Crippen LogP contribution is -2.47. The van der Waals surface area contributed by atoms with Crippen LogP contribution in [0.5, 0.6) is 5.75 Å². The van der Waals surface area contributed by atoms with E-state index in [0.717, 1.165) is 17.5 Å². The molecular formula is C30H30BrN7O4. The van der Waals surface area contributed by atoms with Crippen molar-refractivity contribution in [3.05, 3.63) is 58.3 Å². The van der Waals surface area contributed by atoms with E-state index in [1.54, 1.807) is 37.4 Å². The predicted molar refractivity (Wildman–Crippen MR) is 159 cm³/mol. The molecule has 6 rings (SSSR count). The van der Waals surface area contributed by atoms with Gasteiger partial charge in [-0.05, 0) is 65.7 Å². The van der Waals surface area contributed by atoms with E-state index in [-0.39, 0.29) is 41.3 Å². The Bertz CT molecular complexity index is 1770. The fourth-order valence-corrected chi connectivity index (χ4v) is 6.22. The predicted octanol–water partition coefficient (Wildman–Crippen LogP) is 4.50. The Kier molecular flexibility index (Phi) is 6.83. The van der Waals surface area contributed by atoms with Crippen molar-refractivity contribution in [1.82, 2.24) is 29.6 Å². The smallest absolute Gasteiger partial charge is 0.248 e. The number of ketones is 1. The topological polar surface area (TPSA) is 132 Å². The molecule has 2 fully saturated rings. The first kappa shape index (κ1) is 28.0. The van der Waals surface area contributed by atoms with Crippen molar-refractivity contribution in [2.75, 3.05) is 12.4 Å². The number of aryl methyl sites for hydroxylation is 2. The quantitative estimate of drug-likeness (QED) is 0.233. The SMILES string of the molecule is COc1cc2c(cc1-c1cnc(C)nc1)c(C(C)=O)nn2CC(=O)N1C2C[C@]2(C)C[C@H]1C(=O)Nc1nc(Br)ccc1C. The number of halogens is 1. The summed E-state index contributed by atoms with van der Waals surface area (Å²) in [5.41, 5.74) is 2.98. The van der Waals surface area contributed by atoms with E-state index in [1.807, 2.05) is 25.1 Å². The van der Waals surface area contributed by atoms with Gasteiger partial charge >= 0.3 is 0 Å². The number of carbonyl (C=O) groups excluding carboxylic acids is 3. The van der Waals surface area contributed by atoms with Crippen molar-refractivity contribution in [3.8, 4) is 16.9 Å². The van der Waals surface area contributed by atoms with Crippen LogP contribution in [-0.4, -0.2) is 66.4 Å². The van der Waals surface area contributed by atoms with E-state index >= 15 is 0 Å². The molecule has 1 saturated heterocycles. The van der Waals surface area contributed by atoms with Crippen LogP contribution in [0.3, 0.4) is 0 Å². The summed E-state index contributed by atoms with van der Waals surface area (Å²) in [5, 5.41) is 8.07. The molecule has 216 valence electrons. The molecule has 0 spiro atoms. The Morgan fingerprint density at radius 3 is 2.57 bits per heavy atom. The third-order valence-corrected chi connectivity index (χ3v) is 8.75. The van der Waals surface area contributed by atoms with Crippen LogP contribution in [0.2, 0.25) is 0 Å². The molecule has 1 N–H and O–H groups in total. The zero-order valence-electron chi connectivity index (χ0n) is 23.9. The minimum absolute atomic E-state index is 0.0332. The molecule has 4 heterocycles. The Morgan fingerprint density at radius 1 is 1.14 bits per heavy atom. The molecule has 2 amide bonds. The lowest BCUT2D eigenvalue weighted by molar-refractivity contribution is -0.138. The Labute approximate surface area is 250 Å². The highest BCUT2D eigenvalue weighted by atomic mass is 79.9. The van der Waals surface area contributed by atoms with Crippen LogP contribution in [0, 0.1) is 19.3 Å². The average Bonchev–Trinajstić information content (AvgIpc) is 3.33. The van der Waals surface area contributed by atoms with Crippen LogP contribution < -0.4 is 10.1 Å². The molecule has 1 unspecified atom stereocenters. The van der Waals surface area contributed by atoms with Gasteiger partial charge in [-0.15, -0.1) is 0 Å². The number of methoxy groups -OCH3 is 1. The maximum Gasteiger partial charge on any atom is 0.248 e. The number of hydrogen-bond acceptors (Lipinski definition) is 8. The lowest BCUT2D eigenvalue weighted by Gasteiger charge is -2.27. The molecule has 2 aliphatic rings. The van der Waals surface area contributed by atoms with Crippen LogP contribution >= 0.6 is 15.9 Å². The molecule has 1 aliphatic carbocycles. The monoisotopic (exact) mass is 631 g/mol. The number of anilines is 1. The zero-order valence-corrected chi connectivity index (χ0v) is 25.5. The van der Waals surface area contributed by atoms with Gasteiger partial charge in [0, 0.05) is 47.9 Å². The number of benzene rings is 1. The number of Topliss-reactive ketones (excluding diaryl/α,β-unsaturated/α-hetero) is 1. The zero-order chi connectivity index (χ0) is 29.9. The average molecular weight is 633 g/mol. The summed E-state index contributed by atoms with van der Waals surface area (Å²) in [6.45, 7) is 7.08. The largest absolute Gasteiger partial charge is 0.496 e. The normalized spacial score (nSPS) is 20.9. The van der Waals surface area contributed by atoms with Crippen molar-refractivity contribution < 1.29 is 19.1 Å². The summed E-state index contributed by atoms with van der Waals surface area (Å²) in [7, 11) is 1.56. The number of nitrogens with one attached hydrogen (secondary N) is 1. The highest BCUT2D eigenvalue weighted by molar-refractivity contribution is 9.10. The molecule has 1 saturated carbocycles. The standard InChI is InChI=1S/C30H30BrN7O4/c1-15-6-7-25(31)34-28(15)35-29(41)22-10-30(4)11-24(30)38(22)26(40)14-37-21-9-23(42-5)19(18-12-32-17(3)33-13-18)8-20(21)27(36-37)16(2)39/h6-9,12-13,22,24H,10-11,14H2,1-5H3,(H,34,35,41)/t22-,24?,30-/m0/s1. The van der Waals surface area contributed by atoms with Gasteiger partial charge in [-0.1, -0.05) is 13.0 Å². The summed E-state index contributed by atoms with van der Waals surface area (Å²) in [6, 6.07) is 6.60. The number of piperidine rings is 1. The molecule has 1 aromatic carbocycles. The number of aromatic nitrogens is 5. The van der Waals surface area contributed by atoms with Crippen LogP contribution in [0.15, 0.2) is 41.3 Å². The van der Waals surface area contributed by atoms with Gasteiger partial charge in [0.2, 0.25) is 11.8 Å². The Hall–Kier alpha value is -4.19. The number of amides is 2. The summed E-state index contributed by atoms with van der Waals surface area (Å²) in [6.07, 6.45) is 4.80. The van der Waals surface area contributed by atoms with Gasteiger partial charge in [0.1, 0.15) is 40.3 Å². The minimum atomic E-state index is -0.641. The number of likely N-dealkylation sites (tertiary alicyclic amines) is 1. The highest BCUT2D eigenvalue weighted by Gasteiger charge is 2.64. The number of fused-ring (bicyclic) bond motifs is 2. The number of pyridine rings is 1. The van der Waals surface area contributed by atoms with Crippen LogP contribution in [0.4, 0.5) is 5.82 Å². The van der Waals surface area contributed by atoms with Gasteiger partial charge in [0.25, 0.3) is 0 Å². The van der Waals surface area contributed by atoms with Crippen LogP contribution in [-0.2, 0) is 16.1 Å². The molecule has 4 aromatic rings. The molecule has 3 atom stereocenters. The van der Waals surface area contributed by atoms with E-state index in [1.165, 1.54) is 11.6 Å². The molecule has 0 bridgehead atoms. The molecule has 0 radical (unpaired) electrons. The first-order valence-corrected chi connectivity index (χ1v) is 14.4. The Morgan fingerprint density at radius 2 is 1.88 bits per heavy atom. The lowest BCUT2D eigenvalue weighted by atomic mass is 10.0. The fourth-order valence-electron chi connectivity index (χ4n) is 5.91. The second-order valence-electron chi connectivity index (χ2n) is 11.3. The second kappa shape index (κ2) is 10.3. The minimum Gasteiger partial charge on any atom is -0.496 e. The second-order valence-corrected chi connectivity index (χ2v) is 12.1. The summed E-state index contributed by atoms with van der Waals surface area (Å²) in [5.74, 6) is 0.884. The number of hydrogen-bond donors (Lipinski definition) is 1. The van der Waals surface area contributed by atoms with E-state index < -0.39 is 6.04 Å². The molecule has 12 heteroatoms. The van der Waals surface area contributed by atoms with E-state index in [4.69, 9.17) is 4.74 Å². The third-order valence-electron chi connectivity index (χ3n) is 8.31. The van der Waals surface area contributed by atoms with Crippen molar-refractivity contribution in [3.63, 3.8) is 0 Å². The van der Waals surface area contributed by atoms with Crippen molar-refractivity contribution in [1.29, 1.82) is 0 Å².